The van der Waals surface area contributed by atoms with Gasteiger partial charge in [-0.1, -0.05) is 18.2 Å². The first-order valence-electron chi connectivity index (χ1n) is 12.9. The van der Waals surface area contributed by atoms with Crippen LogP contribution in [0.4, 0.5) is 15.8 Å². The van der Waals surface area contributed by atoms with Gasteiger partial charge in [-0.2, -0.15) is 4.39 Å². The number of hydrogen-bond acceptors (Lipinski definition) is 10. The molecule has 0 saturated heterocycles. The normalized spacial score (nSPS) is 11.1. The lowest BCUT2D eigenvalue weighted by molar-refractivity contribution is -0.387. The highest BCUT2D eigenvalue weighted by Gasteiger charge is 2.23. The van der Waals surface area contributed by atoms with E-state index in [2.05, 4.69) is 10.0 Å². The number of halogens is 1. The SMILES string of the molecule is CCOP(=O)(CCNC(=O)c1ccc(NS(C)(=O)=O)c(Oc2ccccc2)c1)OCC.O=C(O)c1ccc([N+](=O)[O-])c(F)c1. The van der Waals surface area contributed by atoms with Gasteiger partial charge in [-0.05, 0) is 56.3 Å². The highest BCUT2D eigenvalue weighted by molar-refractivity contribution is 7.92. The topological polar surface area (TPSA) is 200 Å². The molecule has 0 aliphatic rings. The van der Waals surface area contributed by atoms with Gasteiger partial charge >= 0.3 is 19.3 Å². The third-order valence-corrected chi connectivity index (χ3v) is 7.89. The Labute approximate surface area is 252 Å². The molecule has 0 saturated carbocycles. The summed E-state index contributed by atoms with van der Waals surface area (Å²) in [6.45, 7) is 3.98. The van der Waals surface area contributed by atoms with Crippen LogP contribution >= 0.6 is 7.60 Å². The summed E-state index contributed by atoms with van der Waals surface area (Å²) < 4.78 is 67.1. The quantitative estimate of drug-likeness (QED) is 0.116. The minimum Gasteiger partial charge on any atom is -0.478 e. The molecule has 3 N–H and O–H groups in total. The third kappa shape index (κ3) is 11.7. The number of benzene rings is 3. The van der Waals surface area contributed by atoms with Gasteiger partial charge in [0.1, 0.15) is 5.75 Å². The van der Waals surface area contributed by atoms with E-state index >= 15 is 0 Å². The number of anilines is 1. The second-order valence-corrected chi connectivity index (χ2v) is 12.6. The van der Waals surface area contributed by atoms with Gasteiger partial charge in [0.25, 0.3) is 5.91 Å². The van der Waals surface area contributed by atoms with Crippen LogP contribution in [0, 0.1) is 15.9 Å². The van der Waals surface area contributed by atoms with Crippen molar-refractivity contribution in [1.29, 1.82) is 0 Å². The number of rotatable bonds is 14. The minimum atomic E-state index is -3.56. The molecular formula is C27H31FN3O11PS. The van der Waals surface area contributed by atoms with E-state index in [9.17, 15) is 37.1 Å². The lowest BCUT2D eigenvalue weighted by Crippen LogP contribution is -2.27. The van der Waals surface area contributed by atoms with Crippen molar-refractivity contribution in [1.82, 2.24) is 5.32 Å². The number of amides is 1. The maximum Gasteiger partial charge on any atom is 0.335 e. The predicted octanol–water partition coefficient (Wildman–Crippen LogP) is 5.28. The van der Waals surface area contributed by atoms with E-state index in [4.69, 9.17) is 18.9 Å². The molecule has 0 aliphatic carbocycles. The highest BCUT2D eigenvalue weighted by atomic mass is 32.2. The Kier molecular flexibility index (Phi) is 13.4. The number of carboxylic acids is 1. The fourth-order valence-corrected chi connectivity index (χ4v) is 5.48. The zero-order valence-electron chi connectivity index (χ0n) is 23.9. The standard InChI is InChI=1S/C20H27N2O7PS.C7H4FNO4/c1-4-27-30(24,28-5-2)14-13-21-20(23)16-11-12-18(22-31(3,25)26)19(15-16)29-17-9-7-6-8-10-17;8-5-3-4(7(10)11)1-2-6(5)9(12)13/h6-12,15,22H,4-5,13-14H2,1-3H3,(H,21,23);1-3H,(H,10,11). The van der Waals surface area contributed by atoms with E-state index in [1.165, 1.54) is 18.2 Å². The van der Waals surface area contributed by atoms with Crippen LogP contribution in [0.2, 0.25) is 0 Å². The second kappa shape index (κ2) is 16.5. The molecule has 1 amide bonds. The van der Waals surface area contributed by atoms with Crippen LogP contribution in [0.3, 0.4) is 0 Å². The maximum absolute atomic E-state index is 12.8. The van der Waals surface area contributed by atoms with E-state index in [0.29, 0.717) is 11.8 Å². The van der Waals surface area contributed by atoms with Crippen LogP contribution in [0.15, 0.2) is 66.7 Å². The zero-order valence-corrected chi connectivity index (χ0v) is 25.6. The number of carbonyl (C=O) groups excluding carboxylic acids is 1. The molecule has 3 aromatic carbocycles. The molecule has 0 heterocycles. The van der Waals surface area contributed by atoms with Gasteiger partial charge in [0.05, 0.1) is 41.8 Å². The van der Waals surface area contributed by atoms with Crippen LogP contribution in [0.25, 0.3) is 0 Å². The molecule has 0 unspecified atom stereocenters. The van der Waals surface area contributed by atoms with E-state index in [1.54, 1.807) is 38.1 Å². The molecule has 3 rings (SSSR count). The zero-order chi connectivity index (χ0) is 32.9. The van der Waals surface area contributed by atoms with E-state index in [0.717, 1.165) is 18.4 Å². The van der Waals surface area contributed by atoms with Crippen LogP contribution < -0.4 is 14.8 Å². The Morgan fingerprint density at radius 2 is 1.61 bits per heavy atom. The first-order chi connectivity index (χ1) is 20.7. The van der Waals surface area contributed by atoms with E-state index in [-0.39, 0.29) is 48.5 Å². The van der Waals surface area contributed by atoms with E-state index in [1.807, 2.05) is 6.07 Å². The van der Waals surface area contributed by atoms with Crippen molar-refractivity contribution in [2.24, 2.45) is 0 Å². The fourth-order valence-electron chi connectivity index (χ4n) is 3.40. The number of aromatic carboxylic acids is 1. The van der Waals surface area contributed by atoms with Gasteiger partial charge in [-0.15, -0.1) is 0 Å². The number of nitrogens with one attached hydrogen (secondary N) is 2. The number of ether oxygens (including phenoxy) is 1. The number of para-hydroxylation sites is 1. The number of nitro benzene ring substituents is 1. The number of nitro groups is 1. The van der Waals surface area contributed by atoms with Crippen molar-refractivity contribution >= 4 is 40.9 Å². The molecule has 3 aromatic rings. The van der Waals surface area contributed by atoms with Crippen LogP contribution in [0.5, 0.6) is 11.5 Å². The molecule has 0 spiro atoms. The summed E-state index contributed by atoms with van der Waals surface area (Å²) in [6.07, 6.45) is 1.05. The summed E-state index contributed by atoms with van der Waals surface area (Å²) in [6, 6.07) is 15.5. The first-order valence-corrected chi connectivity index (χ1v) is 16.5. The largest absolute Gasteiger partial charge is 0.478 e. The van der Waals surface area contributed by atoms with Gasteiger partial charge in [-0.3, -0.25) is 24.2 Å². The summed E-state index contributed by atoms with van der Waals surface area (Å²) in [5.41, 5.74) is -0.610. The molecule has 0 fully saturated rings. The Morgan fingerprint density at radius 1 is 1.00 bits per heavy atom. The smallest absolute Gasteiger partial charge is 0.335 e. The van der Waals surface area contributed by atoms with Crippen molar-refractivity contribution in [3.05, 3.63) is 93.8 Å². The number of nitrogens with zero attached hydrogens (tertiary/aromatic N) is 1. The molecule has 0 radical (unpaired) electrons. The van der Waals surface area contributed by atoms with Gasteiger partial charge in [0.2, 0.25) is 15.8 Å². The van der Waals surface area contributed by atoms with Crippen molar-refractivity contribution < 1.29 is 50.8 Å². The monoisotopic (exact) mass is 655 g/mol. The van der Waals surface area contributed by atoms with Crippen LogP contribution in [-0.2, 0) is 23.6 Å². The predicted molar refractivity (Wildman–Crippen MR) is 159 cm³/mol. The summed E-state index contributed by atoms with van der Waals surface area (Å²) in [5, 5.41) is 21.2. The van der Waals surface area contributed by atoms with Crippen LogP contribution in [-0.4, -0.2) is 62.5 Å². The highest BCUT2D eigenvalue weighted by Crippen LogP contribution is 2.47. The lowest BCUT2D eigenvalue weighted by atomic mass is 10.1. The Balaban J connectivity index is 0.000000432. The number of carboxylic acid groups (broad SMARTS) is 1. The average Bonchev–Trinajstić information content (AvgIpc) is 2.94. The van der Waals surface area contributed by atoms with Crippen LogP contribution in [0.1, 0.15) is 34.6 Å². The average molecular weight is 656 g/mol. The third-order valence-electron chi connectivity index (χ3n) is 5.22. The maximum atomic E-state index is 12.8. The number of carbonyl (C=O) groups is 2. The summed E-state index contributed by atoms with van der Waals surface area (Å²) in [4.78, 5) is 32.1. The van der Waals surface area contributed by atoms with Gasteiger partial charge in [-0.25, -0.2) is 13.2 Å². The van der Waals surface area contributed by atoms with Crippen molar-refractivity contribution in [3.63, 3.8) is 0 Å². The van der Waals surface area contributed by atoms with Crippen molar-refractivity contribution in [2.45, 2.75) is 13.8 Å². The van der Waals surface area contributed by atoms with Crippen molar-refractivity contribution in [2.75, 3.05) is 36.9 Å². The molecule has 0 bridgehead atoms. The van der Waals surface area contributed by atoms with Gasteiger partial charge < -0.3 is 24.2 Å². The molecule has 17 heteroatoms. The lowest BCUT2D eigenvalue weighted by Gasteiger charge is -2.17. The summed E-state index contributed by atoms with van der Waals surface area (Å²) in [5.74, 6) is -2.27. The molecule has 44 heavy (non-hydrogen) atoms. The Hall–Kier alpha value is -4.37. The molecule has 0 aliphatic heterocycles. The number of sulfonamides is 1. The molecule has 238 valence electrons. The Bertz CT molecular complexity index is 1610. The summed E-state index contributed by atoms with van der Waals surface area (Å²) >= 11 is 0. The first kappa shape index (κ1) is 35.8. The molecule has 0 atom stereocenters. The van der Waals surface area contributed by atoms with Crippen molar-refractivity contribution in [3.8, 4) is 11.5 Å². The molecular weight excluding hydrogens is 624 g/mol. The minimum absolute atomic E-state index is 0.0293. The summed E-state index contributed by atoms with van der Waals surface area (Å²) in [7, 11) is -6.83. The fraction of sp³-hybridized carbons (Fsp3) is 0.259. The Morgan fingerprint density at radius 3 is 2.14 bits per heavy atom. The second-order valence-electron chi connectivity index (χ2n) is 8.65. The van der Waals surface area contributed by atoms with E-state index < -0.39 is 45.9 Å². The van der Waals surface area contributed by atoms with Gasteiger partial charge in [0, 0.05) is 18.2 Å². The number of hydrogen-bond donors (Lipinski definition) is 3. The molecule has 0 aromatic heterocycles. The van der Waals surface area contributed by atoms with Gasteiger partial charge in [0.15, 0.2) is 5.75 Å². The molecule has 14 nitrogen and oxygen atoms in total.